The fourth-order valence-corrected chi connectivity index (χ4v) is 3.56. The molecule has 1 saturated heterocycles. The van der Waals surface area contributed by atoms with Crippen molar-refractivity contribution in [1.29, 1.82) is 0 Å². The average Bonchev–Trinajstić information content (AvgIpc) is 3.15. The van der Waals surface area contributed by atoms with E-state index in [2.05, 4.69) is 52.1 Å². The Bertz CT molecular complexity index is 986. The monoisotopic (exact) mass is 376 g/mol. The zero-order valence-corrected chi connectivity index (χ0v) is 16.5. The molecule has 2 aromatic heterocycles. The zero-order chi connectivity index (χ0) is 19.7. The average molecular weight is 376 g/mol. The van der Waals surface area contributed by atoms with E-state index < -0.39 is 0 Å². The molecule has 4 rings (SSSR count). The van der Waals surface area contributed by atoms with Crippen molar-refractivity contribution in [1.82, 2.24) is 24.6 Å². The summed E-state index contributed by atoms with van der Waals surface area (Å²) in [5.41, 5.74) is 4.15. The Kier molecular flexibility index (Phi) is 4.81. The van der Waals surface area contributed by atoms with Gasteiger partial charge in [0.25, 0.3) is 5.91 Å². The van der Waals surface area contributed by atoms with Gasteiger partial charge in [-0.2, -0.15) is 0 Å². The predicted octanol–water partition coefficient (Wildman–Crippen LogP) is 2.55. The van der Waals surface area contributed by atoms with Gasteiger partial charge in [-0.15, -0.1) is 10.2 Å². The summed E-state index contributed by atoms with van der Waals surface area (Å²) >= 11 is 0. The molecule has 0 radical (unpaired) electrons. The van der Waals surface area contributed by atoms with Gasteiger partial charge in [0.2, 0.25) is 0 Å². The lowest BCUT2D eigenvalue weighted by molar-refractivity contribution is 0.0739. The van der Waals surface area contributed by atoms with Gasteiger partial charge in [-0.3, -0.25) is 9.36 Å². The molecule has 3 aromatic rings. The van der Waals surface area contributed by atoms with Crippen LogP contribution in [-0.2, 0) is 0 Å². The SMILES string of the molecule is Cc1ccc(C)c(N2CCN(C(=O)c3ccc(-n4ccnc4C)nn3)CC2)c1. The molecule has 0 unspecified atom stereocenters. The fraction of sp³-hybridized carbons (Fsp3) is 0.333. The van der Waals surface area contributed by atoms with Gasteiger partial charge >= 0.3 is 0 Å². The van der Waals surface area contributed by atoms with Crippen LogP contribution in [0.5, 0.6) is 0 Å². The number of carbonyl (C=O) groups is 1. The Balaban J connectivity index is 1.43. The van der Waals surface area contributed by atoms with Crippen LogP contribution in [0.25, 0.3) is 5.82 Å². The lowest BCUT2D eigenvalue weighted by Crippen LogP contribution is -2.49. The van der Waals surface area contributed by atoms with E-state index in [9.17, 15) is 4.79 Å². The van der Waals surface area contributed by atoms with E-state index in [4.69, 9.17) is 0 Å². The summed E-state index contributed by atoms with van der Waals surface area (Å²) in [7, 11) is 0. The number of imidazole rings is 1. The molecule has 28 heavy (non-hydrogen) atoms. The zero-order valence-electron chi connectivity index (χ0n) is 16.5. The van der Waals surface area contributed by atoms with Crippen LogP contribution >= 0.6 is 0 Å². The summed E-state index contributed by atoms with van der Waals surface area (Å²) < 4.78 is 1.84. The number of rotatable bonds is 3. The first kappa shape index (κ1) is 18.2. The van der Waals surface area contributed by atoms with Crippen molar-refractivity contribution in [2.24, 2.45) is 0 Å². The normalized spacial score (nSPS) is 14.4. The molecule has 1 amide bonds. The predicted molar refractivity (Wildman–Crippen MR) is 108 cm³/mol. The number of anilines is 1. The minimum atomic E-state index is -0.0676. The van der Waals surface area contributed by atoms with Crippen molar-refractivity contribution in [2.45, 2.75) is 20.8 Å². The van der Waals surface area contributed by atoms with Crippen molar-refractivity contribution in [3.05, 3.63) is 65.4 Å². The molecule has 7 heteroatoms. The van der Waals surface area contributed by atoms with Gasteiger partial charge in [-0.05, 0) is 50.1 Å². The third-order valence-electron chi connectivity index (χ3n) is 5.21. The standard InChI is InChI=1S/C21H24N6O/c1-15-4-5-16(2)19(14-15)25-10-12-26(13-11-25)21(28)18-6-7-20(24-23-18)27-9-8-22-17(27)3/h4-9,14H,10-13H2,1-3H3. The molecule has 0 saturated carbocycles. The molecule has 0 atom stereocenters. The number of benzene rings is 1. The van der Waals surface area contributed by atoms with Crippen LogP contribution < -0.4 is 4.90 Å². The molecule has 7 nitrogen and oxygen atoms in total. The van der Waals surface area contributed by atoms with Gasteiger partial charge in [0.15, 0.2) is 11.5 Å². The summed E-state index contributed by atoms with van der Waals surface area (Å²) in [6.45, 7) is 9.12. The number of aryl methyl sites for hydroxylation is 3. The number of piperazine rings is 1. The van der Waals surface area contributed by atoms with E-state index in [0.717, 1.165) is 18.9 Å². The van der Waals surface area contributed by atoms with Crippen molar-refractivity contribution in [3.63, 3.8) is 0 Å². The van der Waals surface area contributed by atoms with Gasteiger partial charge in [0.1, 0.15) is 5.82 Å². The van der Waals surface area contributed by atoms with Gasteiger partial charge < -0.3 is 9.80 Å². The second-order valence-electron chi connectivity index (χ2n) is 7.19. The summed E-state index contributed by atoms with van der Waals surface area (Å²) in [5, 5.41) is 8.35. The van der Waals surface area contributed by atoms with E-state index in [0.29, 0.717) is 24.6 Å². The summed E-state index contributed by atoms with van der Waals surface area (Å²) in [6, 6.07) is 10.0. The highest BCUT2D eigenvalue weighted by molar-refractivity contribution is 5.92. The topological polar surface area (TPSA) is 67.2 Å². The van der Waals surface area contributed by atoms with Crippen molar-refractivity contribution >= 4 is 11.6 Å². The van der Waals surface area contributed by atoms with E-state index in [-0.39, 0.29) is 5.91 Å². The summed E-state index contributed by atoms with van der Waals surface area (Å²) in [5.74, 6) is 1.42. The number of amides is 1. The maximum absolute atomic E-state index is 12.8. The highest BCUT2D eigenvalue weighted by atomic mass is 16.2. The second kappa shape index (κ2) is 7.42. The molecule has 0 N–H and O–H groups in total. The smallest absolute Gasteiger partial charge is 0.274 e. The minimum absolute atomic E-state index is 0.0676. The Morgan fingerprint density at radius 2 is 1.75 bits per heavy atom. The van der Waals surface area contributed by atoms with Crippen LogP contribution in [0.15, 0.2) is 42.7 Å². The molecule has 1 aliphatic rings. The number of nitrogens with zero attached hydrogens (tertiary/aromatic N) is 6. The lowest BCUT2D eigenvalue weighted by Gasteiger charge is -2.36. The Morgan fingerprint density at radius 1 is 0.964 bits per heavy atom. The number of aromatic nitrogens is 4. The number of hydrogen-bond donors (Lipinski definition) is 0. The van der Waals surface area contributed by atoms with Gasteiger partial charge in [-0.25, -0.2) is 4.98 Å². The van der Waals surface area contributed by atoms with Crippen LogP contribution in [0.1, 0.15) is 27.4 Å². The van der Waals surface area contributed by atoms with Gasteiger partial charge in [0.05, 0.1) is 0 Å². The first-order chi connectivity index (χ1) is 13.5. The van der Waals surface area contributed by atoms with E-state index in [1.807, 2.05) is 22.6 Å². The molecule has 1 aliphatic heterocycles. The number of hydrogen-bond acceptors (Lipinski definition) is 5. The fourth-order valence-electron chi connectivity index (χ4n) is 3.56. The Labute approximate surface area is 164 Å². The third kappa shape index (κ3) is 3.47. The molecule has 0 spiro atoms. The molecule has 0 bridgehead atoms. The highest BCUT2D eigenvalue weighted by Crippen LogP contribution is 2.23. The lowest BCUT2D eigenvalue weighted by atomic mass is 10.1. The number of carbonyl (C=O) groups excluding carboxylic acids is 1. The van der Waals surface area contributed by atoms with Gasteiger partial charge in [0, 0.05) is 44.3 Å². The van der Waals surface area contributed by atoms with Crippen LogP contribution in [-0.4, -0.2) is 56.7 Å². The van der Waals surface area contributed by atoms with E-state index in [1.54, 1.807) is 18.3 Å². The maximum atomic E-state index is 12.8. The molecular weight excluding hydrogens is 352 g/mol. The van der Waals surface area contributed by atoms with Gasteiger partial charge in [-0.1, -0.05) is 12.1 Å². The Hall–Kier alpha value is -3.22. The second-order valence-corrected chi connectivity index (χ2v) is 7.19. The first-order valence-electron chi connectivity index (χ1n) is 9.48. The molecule has 3 heterocycles. The van der Waals surface area contributed by atoms with Crippen LogP contribution in [0.2, 0.25) is 0 Å². The largest absolute Gasteiger partial charge is 0.368 e. The van der Waals surface area contributed by atoms with Crippen molar-refractivity contribution in [2.75, 3.05) is 31.1 Å². The molecule has 0 aliphatic carbocycles. The first-order valence-corrected chi connectivity index (χ1v) is 9.48. The highest BCUT2D eigenvalue weighted by Gasteiger charge is 2.24. The van der Waals surface area contributed by atoms with Crippen LogP contribution in [0, 0.1) is 20.8 Å². The minimum Gasteiger partial charge on any atom is -0.368 e. The molecule has 1 fully saturated rings. The van der Waals surface area contributed by atoms with E-state index in [1.165, 1.54) is 16.8 Å². The van der Waals surface area contributed by atoms with Crippen LogP contribution in [0.4, 0.5) is 5.69 Å². The van der Waals surface area contributed by atoms with E-state index >= 15 is 0 Å². The molecular formula is C21H24N6O. The van der Waals surface area contributed by atoms with Crippen molar-refractivity contribution < 1.29 is 4.79 Å². The summed E-state index contributed by atoms with van der Waals surface area (Å²) in [6.07, 6.45) is 3.54. The molecule has 1 aromatic carbocycles. The van der Waals surface area contributed by atoms with Crippen LogP contribution in [0.3, 0.4) is 0 Å². The van der Waals surface area contributed by atoms with Crippen molar-refractivity contribution in [3.8, 4) is 5.82 Å². The maximum Gasteiger partial charge on any atom is 0.274 e. The Morgan fingerprint density at radius 3 is 2.39 bits per heavy atom. The molecule has 144 valence electrons. The third-order valence-corrected chi connectivity index (χ3v) is 5.21. The summed E-state index contributed by atoms with van der Waals surface area (Å²) in [4.78, 5) is 21.2. The quantitative estimate of drug-likeness (QED) is 0.703.